The summed E-state index contributed by atoms with van der Waals surface area (Å²) in [6, 6.07) is 0.281. The maximum Gasteiger partial charge on any atom is 0.227 e. The summed E-state index contributed by atoms with van der Waals surface area (Å²) < 4.78 is 7.55. The number of hydrogen-bond acceptors (Lipinski definition) is 5. The molecule has 0 spiro atoms. The van der Waals surface area contributed by atoms with Crippen LogP contribution in [0.25, 0.3) is 0 Å². The summed E-state index contributed by atoms with van der Waals surface area (Å²) in [5, 5.41) is 15.2. The number of rotatable bonds is 5. The molecule has 0 unspecified atom stereocenters. The Balaban J connectivity index is 1.74. The summed E-state index contributed by atoms with van der Waals surface area (Å²) in [5.41, 5.74) is 3.85. The van der Waals surface area contributed by atoms with E-state index in [1.54, 1.807) is 13.3 Å². The molecule has 1 aliphatic rings. The second-order valence-electron chi connectivity index (χ2n) is 6.94. The van der Waals surface area contributed by atoms with Gasteiger partial charge in [-0.15, -0.1) is 0 Å². The van der Waals surface area contributed by atoms with Gasteiger partial charge in [0.1, 0.15) is 0 Å². The van der Waals surface area contributed by atoms with Crippen LogP contribution in [0.4, 0.5) is 0 Å². The Morgan fingerprint density at radius 2 is 2.16 bits per heavy atom. The summed E-state index contributed by atoms with van der Waals surface area (Å²) in [6.07, 6.45) is 2.01. The van der Waals surface area contributed by atoms with Gasteiger partial charge in [0.05, 0.1) is 36.0 Å². The molecule has 0 saturated carbocycles. The van der Waals surface area contributed by atoms with Crippen molar-refractivity contribution in [3.05, 3.63) is 28.8 Å². The number of likely N-dealkylation sites (tertiary alicyclic amines) is 1. The average molecular weight is 346 g/mol. The van der Waals surface area contributed by atoms with Gasteiger partial charge >= 0.3 is 0 Å². The lowest BCUT2D eigenvalue weighted by Gasteiger charge is -2.16. The molecule has 1 amide bonds. The molecule has 0 aliphatic carbocycles. The van der Waals surface area contributed by atoms with E-state index in [0.717, 1.165) is 22.6 Å². The normalized spacial score (nSPS) is 20.6. The standard InChI is InChI=1S/C17H26N6O2/c1-10(2)23-12(4)13(11(3)20-23)6-17(24)22-8-14(16(9-22)25-5)15-7-18-21-19-15/h7,10,14,16H,6,8-9H2,1-5H3,(H,18,19,21)/t14-,16+/m0/s1. The van der Waals surface area contributed by atoms with Gasteiger partial charge < -0.3 is 9.64 Å². The summed E-state index contributed by atoms with van der Waals surface area (Å²) in [4.78, 5) is 14.7. The molecular formula is C17H26N6O2. The highest BCUT2D eigenvalue weighted by molar-refractivity contribution is 5.79. The van der Waals surface area contributed by atoms with Crippen molar-refractivity contribution in [2.45, 2.75) is 52.2 Å². The Morgan fingerprint density at radius 3 is 2.72 bits per heavy atom. The van der Waals surface area contributed by atoms with Crippen LogP contribution in [0.5, 0.6) is 0 Å². The van der Waals surface area contributed by atoms with Crippen molar-refractivity contribution < 1.29 is 9.53 Å². The van der Waals surface area contributed by atoms with Crippen LogP contribution in [0.15, 0.2) is 6.20 Å². The number of aromatic nitrogens is 5. The highest BCUT2D eigenvalue weighted by Gasteiger charge is 2.38. The second-order valence-corrected chi connectivity index (χ2v) is 6.94. The van der Waals surface area contributed by atoms with Crippen LogP contribution in [-0.4, -0.2) is 62.3 Å². The van der Waals surface area contributed by atoms with Crippen molar-refractivity contribution >= 4 is 5.91 Å². The minimum atomic E-state index is -0.0605. The van der Waals surface area contributed by atoms with E-state index >= 15 is 0 Å². The number of ether oxygens (including phenoxy) is 1. The molecule has 1 N–H and O–H groups in total. The predicted octanol–water partition coefficient (Wildman–Crippen LogP) is 1.38. The van der Waals surface area contributed by atoms with Crippen molar-refractivity contribution in [1.29, 1.82) is 0 Å². The van der Waals surface area contributed by atoms with Crippen LogP contribution in [0, 0.1) is 13.8 Å². The summed E-state index contributed by atoms with van der Waals surface area (Å²) in [5.74, 6) is 0.149. The molecule has 0 aromatic carbocycles. The van der Waals surface area contributed by atoms with Crippen LogP contribution < -0.4 is 0 Å². The average Bonchev–Trinajstić information content (AvgIpc) is 3.28. The van der Waals surface area contributed by atoms with Crippen LogP contribution >= 0.6 is 0 Å². The van der Waals surface area contributed by atoms with Gasteiger partial charge in [-0.25, -0.2) is 0 Å². The highest BCUT2D eigenvalue weighted by Crippen LogP contribution is 2.29. The van der Waals surface area contributed by atoms with Gasteiger partial charge in [-0.1, -0.05) is 0 Å². The zero-order valence-corrected chi connectivity index (χ0v) is 15.5. The van der Waals surface area contributed by atoms with E-state index in [2.05, 4.69) is 34.4 Å². The van der Waals surface area contributed by atoms with Crippen molar-refractivity contribution in [1.82, 2.24) is 30.1 Å². The number of amides is 1. The first-order chi connectivity index (χ1) is 11.9. The fourth-order valence-electron chi connectivity index (χ4n) is 3.61. The monoisotopic (exact) mass is 346 g/mol. The van der Waals surface area contributed by atoms with E-state index in [0.29, 0.717) is 19.5 Å². The fourth-order valence-corrected chi connectivity index (χ4v) is 3.61. The quantitative estimate of drug-likeness (QED) is 0.883. The van der Waals surface area contributed by atoms with E-state index in [4.69, 9.17) is 4.74 Å². The smallest absolute Gasteiger partial charge is 0.227 e. The van der Waals surface area contributed by atoms with E-state index in [1.807, 2.05) is 23.4 Å². The van der Waals surface area contributed by atoms with Gasteiger partial charge in [0.15, 0.2) is 0 Å². The van der Waals surface area contributed by atoms with E-state index in [-0.39, 0.29) is 24.0 Å². The zero-order valence-electron chi connectivity index (χ0n) is 15.5. The fraction of sp³-hybridized carbons (Fsp3) is 0.647. The Labute approximate surface area is 147 Å². The Morgan fingerprint density at radius 1 is 1.40 bits per heavy atom. The minimum absolute atomic E-state index is 0.0493. The van der Waals surface area contributed by atoms with Gasteiger partial charge in [-0.05, 0) is 27.7 Å². The largest absolute Gasteiger partial charge is 0.379 e. The Kier molecular flexibility index (Phi) is 4.89. The third-order valence-electron chi connectivity index (χ3n) is 5.03. The number of methoxy groups -OCH3 is 1. The first-order valence-electron chi connectivity index (χ1n) is 8.63. The third-order valence-corrected chi connectivity index (χ3v) is 5.03. The molecule has 1 saturated heterocycles. The number of aromatic amines is 1. The van der Waals surface area contributed by atoms with Crippen LogP contribution in [0.3, 0.4) is 0 Å². The topological polar surface area (TPSA) is 88.9 Å². The molecule has 3 heterocycles. The molecule has 136 valence electrons. The molecule has 1 fully saturated rings. The van der Waals surface area contributed by atoms with Crippen LogP contribution in [0.1, 0.15) is 48.5 Å². The maximum atomic E-state index is 12.9. The number of carbonyl (C=O) groups excluding carboxylic acids is 1. The van der Waals surface area contributed by atoms with Gasteiger partial charge in [-0.2, -0.15) is 20.5 Å². The molecule has 2 aromatic rings. The lowest BCUT2D eigenvalue weighted by Crippen LogP contribution is -2.31. The predicted molar refractivity (Wildman–Crippen MR) is 92.3 cm³/mol. The first-order valence-corrected chi connectivity index (χ1v) is 8.63. The third kappa shape index (κ3) is 3.30. The zero-order chi connectivity index (χ0) is 18.1. The van der Waals surface area contributed by atoms with Crippen molar-refractivity contribution in [3.8, 4) is 0 Å². The molecule has 2 aromatic heterocycles. The highest BCUT2D eigenvalue weighted by atomic mass is 16.5. The lowest BCUT2D eigenvalue weighted by molar-refractivity contribution is -0.129. The molecule has 25 heavy (non-hydrogen) atoms. The van der Waals surface area contributed by atoms with E-state index in [9.17, 15) is 4.79 Å². The van der Waals surface area contributed by atoms with Crippen molar-refractivity contribution in [2.24, 2.45) is 0 Å². The maximum absolute atomic E-state index is 12.9. The molecule has 2 atom stereocenters. The van der Waals surface area contributed by atoms with Gasteiger partial charge in [-0.3, -0.25) is 9.48 Å². The number of nitrogens with one attached hydrogen (secondary N) is 1. The van der Waals surface area contributed by atoms with E-state index < -0.39 is 0 Å². The Bertz CT molecular complexity index is 737. The molecule has 8 heteroatoms. The van der Waals surface area contributed by atoms with Gasteiger partial charge in [0.2, 0.25) is 5.91 Å². The molecule has 8 nitrogen and oxygen atoms in total. The molecule has 0 radical (unpaired) electrons. The molecule has 3 rings (SSSR count). The second kappa shape index (κ2) is 6.95. The first kappa shape index (κ1) is 17.6. The number of carbonyl (C=O) groups is 1. The number of H-pyrrole nitrogens is 1. The summed E-state index contributed by atoms with van der Waals surface area (Å²) in [6.45, 7) is 9.36. The minimum Gasteiger partial charge on any atom is -0.379 e. The van der Waals surface area contributed by atoms with Crippen LogP contribution in [-0.2, 0) is 16.0 Å². The SMILES string of the molecule is CO[C@@H]1CN(C(=O)Cc2c(C)nn(C(C)C)c2C)C[C@H]1c1cn[nH]n1. The van der Waals surface area contributed by atoms with Crippen LogP contribution in [0.2, 0.25) is 0 Å². The number of hydrogen-bond donors (Lipinski definition) is 1. The molecule has 0 bridgehead atoms. The number of nitrogens with zero attached hydrogens (tertiary/aromatic N) is 5. The van der Waals surface area contributed by atoms with Crippen molar-refractivity contribution in [3.63, 3.8) is 0 Å². The van der Waals surface area contributed by atoms with Gasteiger partial charge in [0.25, 0.3) is 0 Å². The molecular weight excluding hydrogens is 320 g/mol. The Hall–Kier alpha value is -2.22. The lowest BCUT2D eigenvalue weighted by atomic mass is 10.0. The number of aryl methyl sites for hydroxylation is 1. The van der Waals surface area contributed by atoms with E-state index in [1.165, 1.54) is 0 Å². The molecule has 1 aliphatic heterocycles. The summed E-state index contributed by atoms with van der Waals surface area (Å²) >= 11 is 0. The summed E-state index contributed by atoms with van der Waals surface area (Å²) in [7, 11) is 1.67. The van der Waals surface area contributed by atoms with Crippen molar-refractivity contribution in [2.75, 3.05) is 20.2 Å². The van der Waals surface area contributed by atoms with Gasteiger partial charge in [0, 0.05) is 37.5 Å².